The predicted octanol–water partition coefficient (Wildman–Crippen LogP) is 1.44. The van der Waals surface area contributed by atoms with Crippen molar-refractivity contribution in [3.8, 4) is 0 Å². The highest BCUT2D eigenvalue weighted by atomic mass is 16.5. The van der Waals surface area contributed by atoms with Gasteiger partial charge in [0.05, 0.1) is 12.5 Å². The molecule has 0 heterocycles. The summed E-state index contributed by atoms with van der Waals surface area (Å²) in [4.78, 5) is 11.7. The first kappa shape index (κ1) is 14.5. The summed E-state index contributed by atoms with van der Waals surface area (Å²) >= 11 is 0. The lowest BCUT2D eigenvalue weighted by Crippen LogP contribution is -2.39. The molecular formula is C13H26N2O2. The second kappa shape index (κ2) is 6.97. The minimum atomic E-state index is -0.158. The Morgan fingerprint density at radius 3 is 2.59 bits per heavy atom. The Labute approximate surface area is 104 Å². The quantitative estimate of drug-likeness (QED) is 0.740. The normalized spacial score (nSPS) is 20.9. The summed E-state index contributed by atoms with van der Waals surface area (Å²) in [5.41, 5.74) is 5.78. The van der Waals surface area contributed by atoms with Crippen molar-refractivity contribution in [2.75, 3.05) is 20.2 Å². The van der Waals surface area contributed by atoms with Gasteiger partial charge in [-0.3, -0.25) is 4.79 Å². The van der Waals surface area contributed by atoms with Crippen LogP contribution in [-0.2, 0) is 9.53 Å². The average Bonchev–Trinajstić information content (AvgIpc) is 2.34. The van der Waals surface area contributed by atoms with Gasteiger partial charge in [-0.05, 0) is 18.3 Å². The molecule has 17 heavy (non-hydrogen) atoms. The smallest absolute Gasteiger partial charge is 0.222 e. The number of hydrogen-bond donors (Lipinski definition) is 2. The zero-order chi connectivity index (χ0) is 12.7. The second-order valence-corrected chi connectivity index (χ2v) is 5.45. The van der Waals surface area contributed by atoms with E-state index in [0.29, 0.717) is 18.4 Å². The zero-order valence-corrected chi connectivity index (χ0v) is 11.1. The van der Waals surface area contributed by atoms with E-state index < -0.39 is 0 Å². The van der Waals surface area contributed by atoms with E-state index in [1.165, 1.54) is 32.1 Å². The van der Waals surface area contributed by atoms with Gasteiger partial charge in [0.1, 0.15) is 0 Å². The van der Waals surface area contributed by atoms with Crippen LogP contribution in [0.15, 0.2) is 0 Å². The van der Waals surface area contributed by atoms with Gasteiger partial charge >= 0.3 is 0 Å². The van der Waals surface area contributed by atoms with Gasteiger partial charge in [0.2, 0.25) is 5.91 Å². The first-order valence-corrected chi connectivity index (χ1v) is 6.59. The molecule has 0 aromatic carbocycles. The number of ether oxygens (including phenoxy) is 1. The molecule has 1 unspecified atom stereocenters. The van der Waals surface area contributed by atoms with Gasteiger partial charge in [0, 0.05) is 20.2 Å². The van der Waals surface area contributed by atoms with Crippen LogP contribution in [0.4, 0.5) is 0 Å². The Morgan fingerprint density at radius 2 is 2.06 bits per heavy atom. The fourth-order valence-electron chi connectivity index (χ4n) is 2.44. The molecule has 1 rings (SSSR count). The van der Waals surface area contributed by atoms with Gasteiger partial charge in [0.15, 0.2) is 0 Å². The molecule has 0 spiro atoms. The van der Waals surface area contributed by atoms with Crippen LogP contribution in [0, 0.1) is 5.41 Å². The Morgan fingerprint density at radius 1 is 1.41 bits per heavy atom. The third-order valence-electron chi connectivity index (χ3n) is 3.78. The summed E-state index contributed by atoms with van der Waals surface area (Å²) < 4.78 is 5.10. The van der Waals surface area contributed by atoms with Crippen LogP contribution in [0.5, 0.6) is 0 Å². The van der Waals surface area contributed by atoms with Gasteiger partial charge in [-0.15, -0.1) is 0 Å². The van der Waals surface area contributed by atoms with E-state index in [0.717, 1.165) is 6.54 Å². The van der Waals surface area contributed by atoms with Crippen molar-refractivity contribution in [3.63, 3.8) is 0 Å². The standard InChI is InChI=1S/C13H26N2O2/c1-13(6-4-3-5-7-13)10-15-12(16)8-11(9-14)17-2/h11H,3-10,14H2,1-2H3,(H,15,16). The lowest BCUT2D eigenvalue weighted by Gasteiger charge is -2.33. The van der Waals surface area contributed by atoms with E-state index in [1.807, 2.05) is 0 Å². The minimum absolute atomic E-state index is 0.0501. The largest absolute Gasteiger partial charge is 0.380 e. The molecule has 1 fully saturated rings. The summed E-state index contributed by atoms with van der Waals surface area (Å²) in [6, 6.07) is 0. The van der Waals surface area contributed by atoms with Crippen LogP contribution in [-0.4, -0.2) is 32.2 Å². The van der Waals surface area contributed by atoms with Gasteiger partial charge in [-0.2, -0.15) is 0 Å². The van der Waals surface area contributed by atoms with Crippen LogP contribution in [0.1, 0.15) is 45.4 Å². The molecule has 100 valence electrons. The monoisotopic (exact) mass is 242 g/mol. The predicted molar refractivity (Wildman–Crippen MR) is 68.7 cm³/mol. The minimum Gasteiger partial charge on any atom is -0.380 e. The molecule has 0 saturated heterocycles. The molecule has 0 aromatic rings. The highest BCUT2D eigenvalue weighted by Crippen LogP contribution is 2.34. The molecule has 0 bridgehead atoms. The number of rotatable bonds is 6. The maximum atomic E-state index is 11.7. The molecule has 0 radical (unpaired) electrons. The van der Waals surface area contributed by atoms with E-state index in [-0.39, 0.29) is 12.0 Å². The summed E-state index contributed by atoms with van der Waals surface area (Å²) in [5.74, 6) is 0.0501. The third kappa shape index (κ3) is 5.04. The van der Waals surface area contributed by atoms with Crippen molar-refractivity contribution in [1.29, 1.82) is 0 Å². The Kier molecular flexibility index (Phi) is 5.92. The number of hydrogen-bond acceptors (Lipinski definition) is 3. The maximum absolute atomic E-state index is 11.7. The summed E-state index contributed by atoms with van der Waals surface area (Å²) in [6.45, 7) is 3.44. The van der Waals surface area contributed by atoms with Crippen molar-refractivity contribution in [1.82, 2.24) is 5.32 Å². The zero-order valence-electron chi connectivity index (χ0n) is 11.1. The average molecular weight is 242 g/mol. The number of methoxy groups -OCH3 is 1. The fraction of sp³-hybridized carbons (Fsp3) is 0.923. The van der Waals surface area contributed by atoms with Gasteiger partial charge in [-0.25, -0.2) is 0 Å². The lowest BCUT2D eigenvalue weighted by molar-refractivity contribution is -0.124. The number of nitrogens with two attached hydrogens (primary N) is 1. The lowest BCUT2D eigenvalue weighted by atomic mass is 9.76. The topological polar surface area (TPSA) is 64.3 Å². The van der Waals surface area contributed by atoms with Crippen LogP contribution in [0.25, 0.3) is 0 Å². The van der Waals surface area contributed by atoms with Gasteiger partial charge in [-0.1, -0.05) is 26.2 Å². The van der Waals surface area contributed by atoms with E-state index in [1.54, 1.807) is 7.11 Å². The molecule has 3 N–H and O–H groups in total. The van der Waals surface area contributed by atoms with Crippen molar-refractivity contribution < 1.29 is 9.53 Å². The first-order valence-electron chi connectivity index (χ1n) is 6.59. The molecule has 1 atom stereocenters. The van der Waals surface area contributed by atoms with Gasteiger partial charge < -0.3 is 15.8 Å². The molecule has 1 saturated carbocycles. The molecule has 0 aromatic heterocycles. The second-order valence-electron chi connectivity index (χ2n) is 5.45. The van der Waals surface area contributed by atoms with Crippen LogP contribution in [0.3, 0.4) is 0 Å². The van der Waals surface area contributed by atoms with E-state index in [9.17, 15) is 4.79 Å². The van der Waals surface area contributed by atoms with Crippen molar-refractivity contribution >= 4 is 5.91 Å². The summed E-state index contributed by atoms with van der Waals surface area (Å²) in [5, 5.41) is 3.02. The molecular weight excluding hydrogens is 216 g/mol. The molecule has 1 amide bonds. The highest BCUT2D eigenvalue weighted by Gasteiger charge is 2.27. The molecule has 4 heteroatoms. The summed E-state index contributed by atoms with van der Waals surface area (Å²) in [6.07, 6.45) is 6.56. The number of amides is 1. The first-order chi connectivity index (χ1) is 8.09. The SMILES string of the molecule is COC(CN)CC(=O)NCC1(C)CCCCC1. The summed E-state index contributed by atoms with van der Waals surface area (Å²) in [7, 11) is 1.59. The number of nitrogens with one attached hydrogen (secondary N) is 1. The van der Waals surface area contributed by atoms with Crippen LogP contribution in [0.2, 0.25) is 0 Å². The number of carbonyl (C=O) groups excluding carboxylic acids is 1. The van der Waals surface area contributed by atoms with Gasteiger partial charge in [0.25, 0.3) is 0 Å². The number of carbonyl (C=O) groups is 1. The molecule has 1 aliphatic rings. The third-order valence-corrected chi connectivity index (χ3v) is 3.78. The van der Waals surface area contributed by atoms with Crippen molar-refractivity contribution in [2.24, 2.45) is 11.1 Å². The fourth-order valence-corrected chi connectivity index (χ4v) is 2.44. The van der Waals surface area contributed by atoms with Crippen LogP contribution >= 0.6 is 0 Å². The molecule has 0 aliphatic heterocycles. The molecule has 4 nitrogen and oxygen atoms in total. The van der Waals surface area contributed by atoms with Crippen molar-refractivity contribution in [3.05, 3.63) is 0 Å². The van der Waals surface area contributed by atoms with E-state index in [2.05, 4.69) is 12.2 Å². The van der Waals surface area contributed by atoms with Crippen molar-refractivity contribution in [2.45, 2.75) is 51.6 Å². The molecule has 1 aliphatic carbocycles. The maximum Gasteiger partial charge on any atom is 0.222 e. The highest BCUT2D eigenvalue weighted by molar-refractivity contribution is 5.76. The van der Waals surface area contributed by atoms with E-state index in [4.69, 9.17) is 10.5 Å². The Hall–Kier alpha value is -0.610. The van der Waals surface area contributed by atoms with Crippen LogP contribution < -0.4 is 11.1 Å². The Bertz CT molecular complexity index is 234. The van der Waals surface area contributed by atoms with E-state index >= 15 is 0 Å². The Balaban J connectivity index is 2.27.